The van der Waals surface area contributed by atoms with Crippen LogP contribution in [0.15, 0.2) is 24.3 Å². The maximum Gasteiger partial charge on any atom is 0.325 e. The molecular weight excluding hydrogens is 332 g/mol. The lowest BCUT2D eigenvalue weighted by Crippen LogP contribution is -2.45. The van der Waals surface area contributed by atoms with E-state index in [9.17, 15) is 14.7 Å². The largest absolute Gasteiger partial charge is 0.491 e. The Morgan fingerprint density at radius 1 is 1.27 bits per heavy atom. The first-order chi connectivity index (χ1) is 12.4. The Hall–Kier alpha value is -2.08. The molecule has 3 amide bonds. The van der Waals surface area contributed by atoms with Crippen molar-refractivity contribution in [1.82, 2.24) is 10.2 Å². The Kier molecular flexibility index (Phi) is 7.03. The van der Waals surface area contributed by atoms with E-state index in [-0.39, 0.29) is 19.1 Å². The number of nitrogens with one attached hydrogen (secondary N) is 1. The summed E-state index contributed by atoms with van der Waals surface area (Å²) < 4.78 is 5.55. The zero-order chi connectivity index (χ0) is 19.2. The molecule has 0 aromatic heterocycles. The molecule has 26 heavy (non-hydrogen) atoms. The second-order valence-corrected chi connectivity index (χ2v) is 7.27. The van der Waals surface area contributed by atoms with Gasteiger partial charge in [-0.15, -0.1) is 0 Å². The molecule has 2 rings (SSSR count). The Labute approximate surface area is 155 Å². The predicted octanol–water partition coefficient (Wildman–Crippen LogP) is 3.02. The number of hydrogen-bond donors (Lipinski definition) is 2. The molecule has 1 aromatic rings. The minimum Gasteiger partial charge on any atom is -0.491 e. The summed E-state index contributed by atoms with van der Waals surface area (Å²) in [4.78, 5) is 25.9. The SMILES string of the molecule is CCCCCCC1(C)NC(=O)N(CC(O)COc2cccc(C)c2)C1=O. The lowest BCUT2D eigenvalue weighted by molar-refractivity contribution is -0.132. The molecule has 1 heterocycles. The van der Waals surface area contributed by atoms with Gasteiger partial charge in [0, 0.05) is 0 Å². The second-order valence-electron chi connectivity index (χ2n) is 7.27. The van der Waals surface area contributed by atoms with E-state index >= 15 is 0 Å². The van der Waals surface area contributed by atoms with Gasteiger partial charge in [-0.05, 0) is 38.0 Å². The van der Waals surface area contributed by atoms with Crippen LogP contribution in [0.3, 0.4) is 0 Å². The fraction of sp³-hybridized carbons (Fsp3) is 0.600. The quantitative estimate of drug-likeness (QED) is 0.495. The molecule has 1 fully saturated rings. The molecule has 1 aliphatic rings. The molecule has 2 atom stereocenters. The van der Waals surface area contributed by atoms with Crippen molar-refractivity contribution in [3.63, 3.8) is 0 Å². The molecule has 0 spiro atoms. The highest BCUT2D eigenvalue weighted by molar-refractivity contribution is 6.06. The molecule has 1 aliphatic heterocycles. The van der Waals surface area contributed by atoms with Crippen molar-refractivity contribution in [3.8, 4) is 5.75 Å². The van der Waals surface area contributed by atoms with Gasteiger partial charge in [-0.1, -0.05) is 44.7 Å². The van der Waals surface area contributed by atoms with Gasteiger partial charge in [0.2, 0.25) is 0 Å². The van der Waals surface area contributed by atoms with Crippen molar-refractivity contribution in [1.29, 1.82) is 0 Å². The summed E-state index contributed by atoms with van der Waals surface area (Å²) in [7, 11) is 0. The van der Waals surface area contributed by atoms with E-state index in [0.29, 0.717) is 12.2 Å². The van der Waals surface area contributed by atoms with Crippen molar-refractivity contribution in [3.05, 3.63) is 29.8 Å². The number of aliphatic hydroxyl groups excluding tert-OH is 1. The van der Waals surface area contributed by atoms with Crippen molar-refractivity contribution in [2.45, 2.75) is 64.5 Å². The van der Waals surface area contributed by atoms with Crippen LogP contribution in [0, 0.1) is 6.92 Å². The normalized spacial score (nSPS) is 21.0. The van der Waals surface area contributed by atoms with Gasteiger partial charge in [-0.2, -0.15) is 0 Å². The van der Waals surface area contributed by atoms with Crippen LogP contribution in [0.25, 0.3) is 0 Å². The molecule has 144 valence electrons. The summed E-state index contributed by atoms with van der Waals surface area (Å²) in [5.74, 6) is 0.385. The van der Waals surface area contributed by atoms with E-state index < -0.39 is 17.7 Å². The highest BCUT2D eigenvalue weighted by Crippen LogP contribution is 2.24. The summed E-state index contributed by atoms with van der Waals surface area (Å²) in [5, 5.41) is 13.0. The number of aliphatic hydroxyl groups is 1. The number of carbonyl (C=O) groups is 2. The molecule has 2 unspecified atom stereocenters. The summed E-state index contributed by atoms with van der Waals surface area (Å²) in [5.41, 5.74) is 0.187. The van der Waals surface area contributed by atoms with Crippen molar-refractivity contribution < 1.29 is 19.4 Å². The first-order valence-electron chi connectivity index (χ1n) is 9.37. The van der Waals surface area contributed by atoms with E-state index in [4.69, 9.17) is 4.74 Å². The van der Waals surface area contributed by atoms with Crippen LogP contribution < -0.4 is 10.1 Å². The standard InChI is InChI=1S/C20H30N2O4/c1-4-5-6-7-11-20(3)18(24)22(19(25)21-20)13-16(23)14-26-17-10-8-9-15(2)12-17/h8-10,12,16,23H,4-7,11,13-14H2,1-3H3,(H,21,25). The summed E-state index contributed by atoms with van der Waals surface area (Å²) in [6, 6.07) is 7.06. The number of aryl methyl sites for hydroxylation is 1. The van der Waals surface area contributed by atoms with E-state index in [1.54, 1.807) is 13.0 Å². The summed E-state index contributed by atoms with van der Waals surface area (Å²) >= 11 is 0. The van der Waals surface area contributed by atoms with Crippen LogP contribution in [0.1, 0.15) is 51.5 Å². The Morgan fingerprint density at radius 2 is 2.04 bits per heavy atom. The maximum absolute atomic E-state index is 12.6. The fourth-order valence-corrected chi connectivity index (χ4v) is 3.15. The maximum atomic E-state index is 12.6. The first-order valence-corrected chi connectivity index (χ1v) is 9.37. The number of ether oxygens (including phenoxy) is 1. The van der Waals surface area contributed by atoms with E-state index in [2.05, 4.69) is 12.2 Å². The fourth-order valence-electron chi connectivity index (χ4n) is 3.15. The Bertz CT molecular complexity index is 634. The number of nitrogens with zero attached hydrogens (tertiary/aromatic N) is 1. The van der Waals surface area contributed by atoms with Gasteiger partial charge in [0.25, 0.3) is 5.91 Å². The number of hydrogen-bond acceptors (Lipinski definition) is 4. The Balaban J connectivity index is 1.85. The molecule has 6 heteroatoms. The third-order valence-electron chi connectivity index (χ3n) is 4.70. The van der Waals surface area contributed by atoms with Gasteiger partial charge in [0.05, 0.1) is 6.54 Å². The molecule has 0 aliphatic carbocycles. The lowest BCUT2D eigenvalue weighted by atomic mass is 9.94. The molecule has 6 nitrogen and oxygen atoms in total. The first kappa shape index (κ1) is 20.2. The molecule has 0 bridgehead atoms. The van der Waals surface area contributed by atoms with Crippen LogP contribution in [0.4, 0.5) is 4.79 Å². The monoisotopic (exact) mass is 362 g/mol. The van der Waals surface area contributed by atoms with Gasteiger partial charge >= 0.3 is 6.03 Å². The van der Waals surface area contributed by atoms with Gasteiger partial charge < -0.3 is 15.2 Å². The van der Waals surface area contributed by atoms with Gasteiger partial charge in [-0.25, -0.2) is 4.79 Å². The smallest absolute Gasteiger partial charge is 0.325 e. The second kappa shape index (κ2) is 9.03. The number of urea groups is 1. The number of unbranched alkanes of at least 4 members (excludes halogenated alkanes) is 3. The number of β-amino-alcohol motifs (C(OH)–C–C–N with tert-alkyl or cyclic N) is 1. The molecule has 0 radical (unpaired) electrons. The van der Waals surface area contributed by atoms with Crippen LogP contribution >= 0.6 is 0 Å². The lowest BCUT2D eigenvalue weighted by Gasteiger charge is -2.22. The zero-order valence-corrected chi connectivity index (χ0v) is 16.0. The van der Waals surface area contributed by atoms with Gasteiger partial charge in [0.15, 0.2) is 0 Å². The van der Waals surface area contributed by atoms with Crippen molar-refractivity contribution in [2.24, 2.45) is 0 Å². The third kappa shape index (κ3) is 5.21. The minimum atomic E-state index is -0.937. The Morgan fingerprint density at radius 3 is 2.73 bits per heavy atom. The highest BCUT2D eigenvalue weighted by atomic mass is 16.5. The topological polar surface area (TPSA) is 78.9 Å². The average Bonchev–Trinajstić information content (AvgIpc) is 2.81. The number of benzene rings is 1. The van der Waals surface area contributed by atoms with E-state index in [1.807, 2.05) is 25.1 Å². The number of carbonyl (C=O) groups excluding carboxylic acids is 2. The average molecular weight is 362 g/mol. The zero-order valence-electron chi connectivity index (χ0n) is 16.0. The van der Waals surface area contributed by atoms with Crippen LogP contribution in [-0.2, 0) is 4.79 Å². The molecule has 2 N–H and O–H groups in total. The number of imide groups is 1. The number of rotatable bonds is 10. The highest BCUT2D eigenvalue weighted by Gasteiger charge is 2.47. The van der Waals surface area contributed by atoms with Crippen molar-refractivity contribution >= 4 is 11.9 Å². The molecule has 1 aromatic carbocycles. The number of amides is 3. The van der Waals surface area contributed by atoms with E-state index in [0.717, 1.165) is 36.1 Å². The van der Waals surface area contributed by atoms with Crippen molar-refractivity contribution in [2.75, 3.05) is 13.2 Å². The van der Waals surface area contributed by atoms with E-state index in [1.165, 1.54) is 0 Å². The summed E-state index contributed by atoms with van der Waals surface area (Å²) in [6.45, 7) is 5.80. The van der Waals surface area contributed by atoms with Crippen LogP contribution in [0.5, 0.6) is 5.75 Å². The third-order valence-corrected chi connectivity index (χ3v) is 4.70. The summed E-state index contributed by atoms with van der Waals surface area (Å²) in [6.07, 6.45) is 3.86. The van der Waals surface area contributed by atoms with Gasteiger partial charge in [-0.3, -0.25) is 9.69 Å². The predicted molar refractivity (Wildman–Crippen MR) is 100 cm³/mol. The minimum absolute atomic E-state index is 0.0216. The van der Waals surface area contributed by atoms with Gasteiger partial charge in [0.1, 0.15) is 24.0 Å². The molecule has 1 saturated heterocycles. The molecule has 0 saturated carbocycles. The van der Waals surface area contributed by atoms with Crippen LogP contribution in [-0.4, -0.2) is 46.7 Å². The molecular formula is C20H30N2O4. The van der Waals surface area contributed by atoms with Crippen LogP contribution in [0.2, 0.25) is 0 Å².